The maximum Gasteiger partial charge on any atom is 0.201 e. The second-order valence-corrected chi connectivity index (χ2v) is 4.94. The van der Waals surface area contributed by atoms with Gasteiger partial charge in [-0.3, -0.25) is 0 Å². The highest BCUT2D eigenvalue weighted by atomic mass is 79.9. The van der Waals surface area contributed by atoms with Crippen LogP contribution in [0.3, 0.4) is 0 Å². The van der Waals surface area contributed by atoms with Gasteiger partial charge in [0.05, 0.1) is 19.9 Å². The zero-order chi connectivity index (χ0) is 14.2. The van der Waals surface area contributed by atoms with Crippen LogP contribution in [0.25, 0.3) is 11.3 Å². The molecule has 1 heterocycles. The molecule has 0 spiro atoms. The molecule has 102 valence electrons. The van der Waals surface area contributed by atoms with Gasteiger partial charge in [-0.25, -0.2) is 4.98 Å². The summed E-state index contributed by atoms with van der Waals surface area (Å²) >= 11 is 3.42. The molecule has 19 heavy (non-hydrogen) atoms. The first-order valence-electron chi connectivity index (χ1n) is 5.70. The van der Waals surface area contributed by atoms with Crippen molar-refractivity contribution in [2.45, 2.75) is 6.92 Å². The first kappa shape index (κ1) is 13.7. The second kappa shape index (κ2) is 5.13. The molecule has 0 atom stereocenters. The summed E-state index contributed by atoms with van der Waals surface area (Å²) in [6, 6.07) is 3.86. The number of nitrogen functional groups attached to an aromatic ring is 1. The number of aryl methyl sites for hydroxylation is 1. The van der Waals surface area contributed by atoms with E-state index in [0.717, 1.165) is 28.3 Å². The van der Waals surface area contributed by atoms with Crippen molar-refractivity contribution in [1.82, 2.24) is 9.55 Å². The molecule has 0 aliphatic carbocycles. The number of anilines is 1. The number of benzene rings is 1. The molecule has 6 heteroatoms. The summed E-state index contributed by atoms with van der Waals surface area (Å²) in [5.74, 6) is 1.98. The number of hydrogen-bond acceptors (Lipinski definition) is 4. The highest BCUT2D eigenvalue weighted by molar-refractivity contribution is 9.10. The molecule has 2 aromatic rings. The minimum atomic E-state index is 0.434. The topological polar surface area (TPSA) is 62.3 Å². The third-order valence-corrected chi connectivity index (χ3v) is 3.61. The van der Waals surface area contributed by atoms with E-state index in [1.165, 1.54) is 0 Å². The lowest BCUT2D eigenvalue weighted by Crippen LogP contribution is -2.00. The molecule has 0 fully saturated rings. The van der Waals surface area contributed by atoms with Gasteiger partial charge < -0.3 is 19.8 Å². The lowest BCUT2D eigenvalue weighted by molar-refractivity contribution is 0.401. The molecule has 1 aromatic heterocycles. The number of ether oxygens (including phenoxy) is 2. The lowest BCUT2D eigenvalue weighted by atomic mass is 10.1. The summed E-state index contributed by atoms with van der Waals surface area (Å²) in [5.41, 5.74) is 8.56. The fourth-order valence-corrected chi connectivity index (χ4v) is 2.67. The smallest absolute Gasteiger partial charge is 0.201 e. The first-order chi connectivity index (χ1) is 8.99. The quantitative estimate of drug-likeness (QED) is 0.942. The molecule has 0 unspecified atom stereocenters. The highest BCUT2D eigenvalue weighted by Gasteiger charge is 2.18. The fourth-order valence-electron chi connectivity index (χ4n) is 2.01. The predicted molar refractivity (Wildman–Crippen MR) is 78.6 cm³/mol. The van der Waals surface area contributed by atoms with Gasteiger partial charge in [-0.2, -0.15) is 0 Å². The molecule has 0 aliphatic heterocycles. The van der Waals surface area contributed by atoms with Crippen LogP contribution in [0.15, 0.2) is 16.7 Å². The molecule has 0 radical (unpaired) electrons. The Hall–Kier alpha value is -1.69. The van der Waals surface area contributed by atoms with E-state index in [9.17, 15) is 0 Å². The Morgan fingerprint density at radius 3 is 2.32 bits per heavy atom. The van der Waals surface area contributed by atoms with E-state index in [-0.39, 0.29) is 0 Å². The normalized spacial score (nSPS) is 10.6. The fraction of sp³-hybridized carbons (Fsp3) is 0.308. The van der Waals surface area contributed by atoms with Crippen LogP contribution in [-0.4, -0.2) is 23.8 Å². The Kier molecular flexibility index (Phi) is 3.71. The van der Waals surface area contributed by atoms with Crippen LogP contribution in [-0.2, 0) is 7.05 Å². The van der Waals surface area contributed by atoms with Gasteiger partial charge in [-0.05, 0) is 40.5 Å². The molecule has 5 nitrogen and oxygen atoms in total. The molecule has 0 saturated heterocycles. The third-order valence-electron chi connectivity index (χ3n) is 3.06. The van der Waals surface area contributed by atoms with E-state index in [1.807, 2.05) is 26.1 Å². The molecule has 0 saturated carbocycles. The van der Waals surface area contributed by atoms with Gasteiger partial charge in [0.15, 0.2) is 0 Å². The van der Waals surface area contributed by atoms with Crippen molar-refractivity contribution in [3.63, 3.8) is 0 Å². The SMILES string of the molecule is COc1cc(-c2c(Br)nc(N)n2C)c(OC)cc1C. The van der Waals surface area contributed by atoms with E-state index < -0.39 is 0 Å². The van der Waals surface area contributed by atoms with Crippen LogP contribution in [0, 0.1) is 6.92 Å². The van der Waals surface area contributed by atoms with Crippen molar-refractivity contribution in [3.05, 3.63) is 22.3 Å². The van der Waals surface area contributed by atoms with E-state index in [1.54, 1.807) is 18.8 Å². The number of nitrogens with zero attached hydrogens (tertiary/aromatic N) is 2. The predicted octanol–water partition coefficient (Wildman–Crippen LogP) is 2.76. The highest BCUT2D eigenvalue weighted by Crippen LogP contribution is 2.39. The number of aromatic nitrogens is 2. The van der Waals surface area contributed by atoms with Gasteiger partial charge in [0, 0.05) is 12.6 Å². The summed E-state index contributed by atoms with van der Waals surface area (Å²) in [5, 5.41) is 0. The van der Waals surface area contributed by atoms with Crippen molar-refractivity contribution in [2.24, 2.45) is 7.05 Å². The number of hydrogen-bond donors (Lipinski definition) is 1. The molecular formula is C13H16BrN3O2. The summed E-state index contributed by atoms with van der Waals surface area (Å²) in [4.78, 5) is 4.20. The van der Waals surface area contributed by atoms with E-state index in [0.29, 0.717) is 10.6 Å². The zero-order valence-corrected chi connectivity index (χ0v) is 12.9. The van der Waals surface area contributed by atoms with Crippen molar-refractivity contribution in [2.75, 3.05) is 20.0 Å². The largest absolute Gasteiger partial charge is 0.496 e. The first-order valence-corrected chi connectivity index (χ1v) is 6.49. The van der Waals surface area contributed by atoms with Crippen LogP contribution in [0.1, 0.15) is 5.56 Å². The molecule has 0 aliphatic rings. The van der Waals surface area contributed by atoms with Gasteiger partial charge in [-0.15, -0.1) is 0 Å². The number of nitrogens with two attached hydrogens (primary N) is 1. The van der Waals surface area contributed by atoms with Crippen molar-refractivity contribution in [1.29, 1.82) is 0 Å². The minimum absolute atomic E-state index is 0.434. The van der Waals surface area contributed by atoms with Crippen LogP contribution >= 0.6 is 15.9 Å². The molecule has 2 rings (SSSR count). The number of imidazole rings is 1. The lowest BCUT2D eigenvalue weighted by Gasteiger charge is -2.14. The van der Waals surface area contributed by atoms with Crippen LogP contribution in [0.4, 0.5) is 5.95 Å². The minimum Gasteiger partial charge on any atom is -0.496 e. The summed E-state index contributed by atoms with van der Waals surface area (Å²) in [6.45, 7) is 1.97. The molecule has 1 aromatic carbocycles. The van der Waals surface area contributed by atoms with Gasteiger partial charge in [0.2, 0.25) is 5.95 Å². The monoisotopic (exact) mass is 325 g/mol. The molecule has 2 N–H and O–H groups in total. The van der Waals surface area contributed by atoms with Gasteiger partial charge in [-0.1, -0.05) is 0 Å². The number of methoxy groups -OCH3 is 2. The Labute approximate surface area is 120 Å². The Balaban J connectivity index is 2.73. The molecule has 0 amide bonds. The summed E-state index contributed by atoms with van der Waals surface area (Å²) in [7, 11) is 5.14. The maximum atomic E-state index is 5.82. The Bertz CT molecular complexity index is 623. The number of halogens is 1. The van der Waals surface area contributed by atoms with Crippen LogP contribution < -0.4 is 15.2 Å². The molecular weight excluding hydrogens is 310 g/mol. The van der Waals surface area contributed by atoms with Crippen molar-refractivity contribution in [3.8, 4) is 22.8 Å². The van der Waals surface area contributed by atoms with Gasteiger partial charge >= 0.3 is 0 Å². The average molecular weight is 326 g/mol. The van der Waals surface area contributed by atoms with Crippen LogP contribution in [0.5, 0.6) is 11.5 Å². The van der Waals surface area contributed by atoms with E-state index in [2.05, 4.69) is 20.9 Å². The second-order valence-electron chi connectivity index (χ2n) is 4.19. The van der Waals surface area contributed by atoms with Gasteiger partial charge in [0.1, 0.15) is 16.1 Å². The molecule has 0 bridgehead atoms. The van der Waals surface area contributed by atoms with Crippen LogP contribution in [0.2, 0.25) is 0 Å². The van der Waals surface area contributed by atoms with Crippen molar-refractivity contribution >= 4 is 21.9 Å². The third kappa shape index (κ3) is 2.28. The van der Waals surface area contributed by atoms with E-state index in [4.69, 9.17) is 15.2 Å². The van der Waals surface area contributed by atoms with Crippen molar-refractivity contribution < 1.29 is 9.47 Å². The maximum absolute atomic E-state index is 5.82. The Morgan fingerprint density at radius 2 is 1.84 bits per heavy atom. The van der Waals surface area contributed by atoms with Gasteiger partial charge in [0.25, 0.3) is 0 Å². The Morgan fingerprint density at radius 1 is 1.21 bits per heavy atom. The number of rotatable bonds is 3. The summed E-state index contributed by atoms with van der Waals surface area (Å²) < 4.78 is 13.3. The zero-order valence-electron chi connectivity index (χ0n) is 11.3. The average Bonchev–Trinajstić information content (AvgIpc) is 2.63. The van der Waals surface area contributed by atoms with E-state index >= 15 is 0 Å². The standard InChI is InChI=1S/C13H16BrN3O2/c1-7-5-10(19-4)8(6-9(7)18-3)11-12(14)16-13(15)17(11)2/h5-6H,1-4H3,(H2,15,16). The summed E-state index contributed by atoms with van der Waals surface area (Å²) in [6.07, 6.45) is 0.